The highest BCUT2D eigenvalue weighted by molar-refractivity contribution is 7.98. The van der Waals surface area contributed by atoms with Crippen LogP contribution in [0.2, 0.25) is 0 Å². The molecule has 0 saturated heterocycles. The van der Waals surface area contributed by atoms with Crippen molar-refractivity contribution in [3.8, 4) is 0 Å². The Morgan fingerprint density at radius 1 is 1.39 bits per heavy atom. The van der Waals surface area contributed by atoms with Crippen LogP contribution >= 0.6 is 11.8 Å². The van der Waals surface area contributed by atoms with Crippen LogP contribution in [0.15, 0.2) is 18.2 Å². The predicted molar refractivity (Wildman–Crippen MR) is 75.4 cm³/mol. The van der Waals surface area contributed by atoms with Crippen molar-refractivity contribution >= 4 is 23.4 Å². The maximum atomic E-state index is 13.4. The predicted octanol–water partition coefficient (Wildman–Crippen LogP) is 2.67. The minimum absolute atomic E-state index is 0.0494. The number of carbonyl (C=O) groups is 1. The van der Waals surface area contributed by atoms with E-state index in [1.54, 1.807) is 0 Å². The van der Waals surface area contributed by atoms with Crippen molar-refractivity contribution in [1.29, 1.82) is 0 Å². The normalized spacial score (nSPS) is 10.3. The summed E-state index contributed by atoms with van der Waals surface area (Å²) in [6.45, 7) is 0.580. The summed E-state index contributed by atoms with van der Waals surface area (Å²) in [5, 5.41) is 2.71. The molecule has 0 bridgehead atoms. The molecule has 100 valence electrons. The molecule has 0 aliphatic rings. The van der Waals surface area contributed by atoms with Gasteiger partial charge in [0.2, 0.25) is 0 Å². The third-order valence-corrected chi connectivity index (χ3v) is 3.25. The van der Waals surface area contributed by atoms with Gasteiger partial charge >= 0.3 is 0 Å². The summed E-state index contributed by atoms with van der Waals surface area (Å²) in [6, 6.07) is 4.09. The van der Waals surface area contributed by atoms with Gasteiger partial charge in [-0.3, -0.25) is 4.79 Å². The van der Waals surface area contributed by atoms with Crippen LogP contribution in [-0.2, 0) is 0 Å². The van der Waals surface area contributed by atoms with Crippen LogP contribution in [0.1, 0.15) is 29.6 Å². The Morgan fingerprint density at radius 3 is 2.83 bits per heavy atom. The summed E-state index contributed by atoms with van der Waals surface area (Å²) >= 11 is 1.82. The molecule has 3 N–H and O–H groups in total. The van der Waals surface area contributed by atoms with E-state index >= 15 is 0 Å². The van der Waals surface area contributed by atoms with Gasteiger partial charge in [0.25, 0.3) is 5.91 Å². The molecular weight excluding hydrogens is 251 g/mol. The lowest BCUT2D eigenvalue weighted by atomic mass is 10.1. The Labute approximate surface area is 111 Å². The molecule has 0 atom stereocenters. The number of nitrogens with one attached hydrogen (secondary N) is 1. The lowest BCUT2D eigenvalue weighted by molar-refractivity contribution is 0.0949. The average Bonchev–Trinajstić information content (AvgIpc) is 2.33. The molecular formula is C13H19FN2OS. The fourth-order valence-corrected chi connectivity index (χ4v) is 2.05. The van der Waals surface area contributed by atoms with E-state index in [1.165, 1.54) is 12.1 Å². The summed E-state index contributed by atoms with van der Waals surface area (Å²) in [5.74, 6) is 0.188. The van der Waals surface area contributed by atoms with Gasteiger partial charge in [-0.05, 0) is 43.0 Å². The molecule has 0 aliphatic heterocycles. The molecule has 18 heavy (non-hydrogen) atoms. The third-order valence-electron chi connectivity index (χ3n) is 2.55. The summed E-state index contributed by atoms with van der Waals surface area (Å²) in [6.07, 6.45) is 5.22. The first kappa shape index (κ1) is 14.8. The number of thioether (sulfide) groups is 1. The number of hydrogen-bond donors (Lipinski definition) is 2. The first-order valence-electron chi connectivity index (χ1n) is 5.97. The van der Waals surface area contributed by atoms with E-state index in [2.05, 4.69) is 11.6 Å². The van der Waals surface area contributed by atoms with Crippen molar-refractivity contribution < 1.29 is 9.18 Å². The number of hydrogen-bond acceptors (Lipinski definition) is 3. The zero-order chi connectivity index (χ0) is 13.4. The molecule has 0 unspecified atom stereocenters. The van der Waals surface area contributed by atoms with E-state index in [9.17, 15) is 9.18 Å². The minimum atomic E-state index is -0.574. The Bertz CT molecular complexity index is 399. The molecule has 0 aromatic heterocycles. The van der Waals surface area contributed by atoms with E-state index in [1.807, 2.05) is 11.8 Å². The SMILES string of the molecule is CSCCCCCNC(=O)c1ccc(N)cc1F. The standard InChI is InChI=1S/C13H19FN2OS/c1-18-8-4-2-3-7-16-13(17)11-6-5-10(15)9-12(11)14/h5-6,9H,2-4,7-8,15H2,1H3,(H,16,17). The molecule has 0 heterocycles. The Morgan fingerprint density at radius 2 is 2.17 bits per heavy atom. The van der Waals surface area contributed by atoms with Crippen LogP contribution in [0.25, 0.3) is 0 Å². The highest BCUT2D eigenvalue weighted by atomic mass is 32.2. The van der Waals surface area contributed by atoms with E-state index in [4.69, 9.17) is 5.73 Å². The molecule has 0 fully saturated rings. The molecule has 0 spiro atoms. The van der Waals surface area contributed by atoms with Crippen molar-refractivity contribution in [3.05, 3.63) is 29.6 Å². The fourth-order valence-electron chi connectivity index (χ4n) is 1.56. The van der Waals surface area contributed by atoms with Gasteiger partial charge in [0, 0.05) is 12.2 Å². The van der Waals surface area contributed by atoms with Crippen LogP contribution < -0.4 is 11.1 Å². The van der Waals surface area contributed by atoms with Crippen molar-refractivity contribution in [2.45, 2.75) is 19.3 Å². The Kier molecular flexibility index (Phi) is 6.57. The number of carbonyl (C=O) groups excluding carboxylic acids is 1. The molecule has 0 saturated carbocycles. The first-order valence-corrected chi connectivity index (χ1v) is 7.36. The maximum Gasteiger partial charge on any atom is 0.254 e. The highest BCUT2D eigenvalue weighted by Gasteiger charge is 2.10. The van der Waals surface area contributed by atoms with E-state index in [0.717, 1.165) is 31.1 Å². The summed E-state index contributed by atoms with van der Waals surface area (Å²) in [4.78, 5) is 11.7. The van der Waals surface area contributed by atoms with Gasteiger partial charge in [-0.2, -0.15) is 11.8 Å². The highest BCUT2D eigenvalue weighted by Crippen LogP contribution is 2.11. The molecule has 1 aromatic carbocycles. The number of amides is 1. The molecule has 1 aromatic rings. The van der Waals surface area contributed by atoms with Gasteiger partial charge in [-0.1, -0.05) is 6.42 Å². The number of anilines is 1. The van der Waals surface area contributed by atoms with Crippen LogP contribution in [-0.4, -0.2) is 24.5 Å². The first-order chi connectivity index (χ1) is 8.65. The van der Waals surface area contributed by atoms with Gasteiger partial charge in [-0.15, -0.1) is 0 Å². The largest absolute Gasteiger partial charge is 0.399 e. The van der Waals surface area contributed by atoms with Gasteiger partial charge in [0.05, 0.1) is 5.56 Å². The summed E-state index contributed by atoms with van der Waals surface area (Å²) < 4.78 is 13.4. The third kappa shape index (κ3) is 4.96. The lowest BCUT2D eigenvalue weighted by Gasteiger charge is -2.06. The number of benzene rings is 1. The molecule has 0 aliphatic carbocycles. The second kappa shape index (κ2) is 7.97. The number of nitrogen functional groups attached to an aromatic ring is 1. The van der Waals surface area contributed by atoms with E-state index < -0.39 is 5.82 Å². The lowest BCUT2D eigenvalue weighted by Crippen LogP contribution is -2.25. The molecule has 3 nitrogen and oxygen atoms in total. The van der Waals surface area contributed by atoms with Crippen molar-refractivity contribution in [1.82, 2.24) is 5.32 Å². The quantitative estimate of drug-likeness (QED) is 0.591. The van der Waals surface area contributed by atoms with Crippen molar-refractivity contribution in [3.63, 3.8) is 0 Å². The zero-order valence-electron chi connectivity index (χ0n) is 10.5. The molecule has 1 amide bonds. The Hall–Kier alpha value is -1.23. The number of rotatable bonds is 7. The average molecular weight is 270 g/mol. The number of unbranched alkanes of at least 4 members (excludes halogenated alkanes) is 2. The van der Waals surface area contributed by atoms with Crippen LogP contribution in [0.4, 0.5) is 10.1 Å². The topological polar surface area (TPSA) is 55.1 Å². The van der Waals surface area contributed by atoms with Gasteiger partial charge in [-0.25, -0.2) is 4.39 Å². The fraction of sp³-hybridized carbons (Fsp3) is 0.462. The smallest absolute Gasteiger partial charge is 0.254 e. The summed E-state index contributed by atoms with van der Waals surface area (Å²) in [5.41, 5.74) is 5.79. The number of halogens is 1. The molecule has 0 radical (unpaired) electrons. The zero-order valence-corrected chi connectivity index (χ0v) is 11.4. The monoisotopic (exact) mass is 270 g/mol. The second-order valence-corrected chi connectivity index (χ2v) is 5.03. The van der Waals surface area contributed by atoms with E-state index in [-0.39, 0.29) is 11.5 Å². The second-order valence-electron chi connectivity index (χ2n) is 4.05. The van der Waals surface area contributed by atoms with E-state index in [0.29, 0.717) is 12.2 Å². The molecule has 5 heteroatoms. The molecule has 1 rings (SSSR count). The Balaban J connectivity index is 2.32. The maximum absolute atomic E-state index is 13.4. The minimum Gasteiger partial charge on any atom is -0.399 e. The van der Waals surface area contributed by atoms with Crippen molar-refractivity contribution in [2.75, 3.05) is 24.3 Å². The van der Waals surface area contributed by atoms with Gasteiger partial charge < -0.3 is 11.1 Å². The van der Waals surface area contributed by atoms with Crippen LogP contribution in [0.3, 0.4) is 0 Å². The number of nitrogens with two attached hydrogens (primary N) is 1. The van der Waals surface area contributed by atoms with Crippen LogP contribution in [0.5, 0.6) is 0 Å². The van der Waals surface area contributed by atoms with Gasteiger partial charge in [0.1, 0.15) is 5.82 Å². The van der Waals surface area contributed by atoms with Crippen molar-refractivity contribution in [2.24, 2.45) is 0 Å². The summed E-state index contributed by atoms with van der Waals surface area (Å²) in [7, 11) is 0. The van der Waals surface area contributed by atoms with Crippen LogP contribution in [0, 0.1) is 5.82 Å². The van der Waals surface area contributed by atoms with Gasteiger partial charge in [0.15, 0.2) is 0 Å².